The third-order valence-electron chi connectivity index (χ3n) is 7.98. The van der Waals surface area contributed by atoms with E-state index in [-0.39, 0.29) is 29.5 Å². The van der Waals surface area contributed by atoms with Gasteiger partial charge in [-0.05, 0) is 70.5 Å². The monoisotopic (exact) mass is 564 g/mol. The van der Waals surface area contributed by atoms with E-state index >= 15 is 0 Å². The van der Waals surface area contributed by atoms with Crippen molar-refractivity contribution in [1.29, 1.82) is 0 Å². The Morgan fingerprint density at radius 1 is 0.951 bits per heavy atom. The van der Waals surface area contributed by atoms with Crippen molar-refractivity contribution in [1.82, 2.24) is 35.1 Å². The molecule has 0 aromatic carbocycles. The van der Waals surface area contributed by atoms with Crippen molar-refractivity contribution in [2.75, 3.05) is 42.1 Å². The van der Waals surface area contributed by atoms with E-state index in [0.29, 0.717) is 24.1 Å². The Hall–Kier alpha value is -4.00. The zero-order valence-electron chi connectivity index (χ0n) is 23.0. The van der Waals surface area contributed by atoms with Crippen LogP contribution in [-0.4, -0.2) is 80.7 Å². The predicted octanol–water partition coefficient (Wildman–Crippen LogP) is 3.21. The van der Waals surface area contributed by atoms with Gasteiger partial charge in [0.2, 0.25) is 0 Å². The summed E-state index contributed by atoms with van der Waals surface area (Å²) in [5.74, 6) is -0.514. The molecule has 0 radical (unpaired) electrons. The SMILES string of the molecule is O=C(NCCN1CCCC1)NC1CCC(Nc2cc(NC3CC3)c3ncc(C(=O)Nc4ccncc4F)n3n2)CC1. The molecule has 3 aromatic heterocycles. The van der Waals surface area contributed by atoms with Crippen LogP contribution < -0.4 is 26.6 Å². The van der Waals surface area contributed by atoms with Gasteiger partial charge in [0.25, 0.3) is 5.91 Å². The van der Waals surface area contributed by atoms with Gasteiger partial charge in [-0.3, -0.25) is 9.78 Å². The number of amides is 3. The van der Waals surface area contributed by atoms with E-state index in [1.807, 2.05) is 6.07 Å². The molecule has 2 saturated carbocycles. The van der Waals surface area contributed by atoms with Crippen LogP contribution in [0.1, 0.15) is 61.9 Å². The standard InChI is InChI=1S/C28H37FN10O2/c29-21-16-30-10-9-22(21)36-27(40)24-17-32-26-23(33-18-3-4-18)15-25(37-39(24)26)34-19-5-7-20(8-6-19)35-28(41)31-11-14-38-12-1-2-13-38/h9-10,15-20,33H,1-8,11-14H2,(H,34,37)(H,30,36,40)(H2,31,35,41). The Morgan fingerprint density at radius 2 is 1.68 bits per heavy atom. The molecule has 5 N–H and O–H groups in total. The first kappa shape index (κ1) is 27.2. The van der Waals surface area contributed by atoms with Crippen LogP contribution in [0, 0.1) is 5.82 Å². The molecule has 0 atom stereocenters. The number of likely N-dealkylation sites (tertiary alicyclic amines) is 1. The van der Waals surface area contributed by atoms with Gasteiger partial charge in [-0.2, -0.15) is 0 Å². The molecule has 13 heteroatoms. The highest BCUT2D eigenvalue weighted by Crippen LogP contribution is 2.30. The largest absolute Gasteiger partial charge is 0.379 e. The summed E-state index contributed by atoms with van der Waals surface area (Å²) in [7, 11) is 0. The Balaban J connectivity index is 1.08. The number of aromatic nitrogens is 4. The zero-order chi connectivity index (χ0) is 28.2. The number of pyridine rings is 1. The summed E-state index contributed by atoms with van der Waals surface area (Å²) in [6.07, 6.45) is 12.0. The van der Waals surface area contributed by atoms with Crippen molar-refractivity contribution in [3.8, 4) is 0 Å². The van der Waals surface area contributed by atoms with Crippen LogP contribution in [0.25, 0.3) is 5.65 Å². The molecule has 12 nitrogen and oxygen atoms in total. The van der Waals surface area contributed by atoms with E-state index in [1.54, 1.807) is 0 Å². The quantitative estimate of drug-likeness (QED) is 0.253. The van der Waals surface area contributed by atoms with Crippen LogP contribution in [0.15, 0.2) is 30.7 Å². The third-order valence-corrected chi connectivity index (χ3v) is 7.98. The lowest BCUT2D eigenvalue weighted by Gasteiger charge is -2.30. The van der Waals surface area contributed by atoms with Gasteiger partial charge in [-0.25, -0.2) is 18.7 Å². The molecule has 1 saturated heterocycles. The zero-order valence-corrected chi connectivity index (χ0v) is 23.0. The number of rotatable bonds is 10. The van der Waals surface area contributed by atoms with Gasteiger partial charge in [0.05, 0.1) is 23.8 Å². The van der Waals surface area contributed by atoms with E-state index in [1.165, 1.54) is 35.8 Å². The van der Waals surface area contributed by atoms with Crippen LogP contribution in [0.4, 0.5) is 26.4 Å². The van der Waals surface area contributed by atoms with E-state index in [0.717, 1.165) is 70.0 Å². The molecule has 3 aliphatic rings. The molecule has 218 valence electrons. The Morgan fingerprint density at radius 3 is 2.44 bits per heavy atom. The molecular weight excluding hydrogens is 527 g/mol. The summed E-state index contributed by atoms with van der Waals surface area (Å²) in [6.45, 7) is 3.82. The number of fused-ring (bicyclic) bond motifs is 1. The lowest BCUT2D eigenvalue weighted by atomic mass is 9.91. The second-order valence-corrected chi connectivity index (χ2v) is 11.2. The highest BCUT2D eigenvalue weighted by atomic mass is 19.1. The van der Waals surface area contributed by atoms with Gasteiger partial charge in [0, 0.05) is 43.5 Å². The lowest BCUT2D eigenvalue weighted by Crippen LogP contribution is -2.46. The van der Waals surface area contributed by atoms with Crippen molar-refractivity contribution in [3.63, 3.8) is 0 Å². The lowest BCUT2D eigenvalue weighted by molar-refractivity contribution is 0.102. The number of carbonyl (C=O) groups is 2. The Bertz CT molecular complexity index is 1380. The van der Waals surface area contributed by atoms with Crippen molar-refractivity contribution in [2.24, 2.45) is 0 Å². The van der Waals surface area contributed by atoms with Gasteiger partial charge in [-0.1, -0.05) is 0 Å². The molecule has 6 rings (SSSR count). The van der Waals surface area contributed by atoms with Crippen LogP contribution in [-0.2, 0) is 0 Å². The van der Waals surface area contributed by atoms with Gasteiger partial charge < -0.3 is 31.5 Å². The van der Waals surface area contributed by atoms with E-state index in [4.69, 9.17) is 0 Å². The average molecular weight is 565 g/mol. The Kier molecular flexibility index (Phi) is 8.12. The van der Waals surface area contributed by atoms with E-state index in [2.05, 4.69) is 46.6 Å². The number of imidazole rings is 1. The molecule has 4 heterocycles. The molecule has 0 spiro atoms. The van der Waals surface area contributed by atoms with Crippen LogP contribution in [0.2, 0.25) is 0 Å². The molecule has 41 heavy (non-hydrogen) atoms. The number of hydrogen-bond acceptors (Lipinski definition) is 8. The maximum atomic E-state index is 14.1. The van der Waals surface area contributed by atoms with Gasteiger partial charge in [-0.15, -0.1) is 5.10 Å². The molecule has 0 bridgehead atoms. The fraction of sp³-hybridized carbons (Fsp3) is 0.536. The predicted molar refractivity (Wildman–Crippen MR) is 154 cm³/mol. The maximum absolute atomic E-state index is 14.1. The van der Waals surface area contributed by atoms with Crippen LogP contribution >= 0.6 is 0 Å². The first-order chi connectivity index (χ1) is 20.0. The first-order valence-corrected chi connectivity index (χ1v) is 14.6. The topological polar surface area (TPSA) is 141 Å². The van der Waals surface area contributed by atoms with Crippen molar-refractivity contribution in [3.05, 3.63) is 42.2 Å². The Labute approximate surface area is 237 Å². The second-order valence-electron chi connectivity index (χ2n) is 11.2. The van der Waals surface area contributed by atoms with Crippen LogP contribution in [0.3, 0.4) is 0 Å². The summed E-state index contributed by atoms with van der Waals surface area (Å²) in [4.78, 5) is 36.0. The molecule has 2 aliphatic carbocycles. The van der Waals surface area contributed by atoms with E-state index in [9.17, 15) is 14.0 Å². The molecule has 3 amide bonds. The third kappa shape index (κ3) is 6.84. The normalized spacial score (nSPS) is 21.0. The fourth-order valence-electron chi connectivity index (χ4n) is 5.57. The molecule has 3 fully saturated rings. The number of nitrogens with one attached hydrogen (secondary N) is 5. The number of anilines is 3. The summed E-state index contributed by atoms with van der Waals surface area (Å²) in [6, 6.07) is 3.93. The van der Waals surface area contributed by atoms with Crippen molar-refractivity contribution < 1.29 is 14.0 Å². The number of urea groups is 1. The summed E-state index contributed by atoms with van der Waals surface area (Å²) < 4.78 is 15.6. The van der Waals surface area contributed by atoms with Crippen molar-refractivity contribution in [2.45, 2.75) is 69.5 Å². The molecular formula is C28H37FN10O2. The van der Waals surface area contributed by atoms with Gasteiger partial charge >= 0.3 is 6.03 Å². The average Bonchev–Trinajstić information content (AvgIpc) is 3.43. The smallest absolute Gasteiger partial charge is 0.315 e. The number of carbonyl (C=O) groups excluding carboxylic acids is 2. The number of hydrogen-bond donors (Lipinski definition) is 5. The minimum absolute atomic E-state index is 0.0381. The van der Waals surface area contributed by atoms with E-state index < -0.39 is 11.7 Å². The van der Waals surface area contributed by atoms with Gasteiger partial charge in [0.15, 0.2) is 17.2 Å². The first-order valence-electron chi connectivity index (χ1n) is 14.6. The molecule has 1 aliphatic heterocycles. The minimum atomic E-state index is -0.620. The van der Waals surface area contributed by atoms with Crippen molar-refractivity contribution >= 4 is 34.8 Å². The van der Waals surface area contributed by atoms with Crippen LogP contribution in [0.5, 0.6) is 0 Å². The minimum Gasteiger partial charge on any atom is -0.379 e. The fourth-order valence-corrected chi connectivity index (χ4v) is 5.57. The molecule has 0 unspecified atom stereocenters. The summed E-state index contributed by atoms with van der Waals surface area (Å²) in [5, 5.41) is 20.4. The molecule has 3 aromatic rings. The second kappa shape index (κ2) is 12.2. The summed E-state index contributed by atoms with van der Waals surface area (Å²) >= 11 is 0. The highest BCUT2D eigenvalue weighted by Gasteiger charge is 2.26. The maximum Gasteiger partial charge on any atom is 0.315 e. The number of halogens is 1. The van der Waals surface area contributed by atoms with Gasteiger partial charge in [0.1, 0.15) is 5.82 Å². The highest BCUT2D eigenvalue weighted by molar-refractivity contribution is 6.03. The summed E-state index contributed by atoms with van der Waals surface area (Å²) in [5.41, 5.74) is 1.56. The number of nitrogens with zero attached hydrogens (tertiary/aromatic N) is 5.